The van der Waals surface area contributed by atoms with Gasteiger partial charge in [0.05, 0.1) is 0 Å². The fraction of sp³-hybridized carbons (Fsp3) is 0.118. The molecule has 0 radical (unpaired) electrons. The predicted molar refractivity (Wildman–Crippen MR) is 82.4 cm³/mol. The topological polar surface area (TPSA) is 38.7 Å². The van der Waals surface area contributed by atoms with E-state index in [1.165, 1.54) is 0 Å². The average Bonchev–Trinajstić information content (AvgIpc) is 2.47. The summed E-state index contributed by atoms with van der Waals surface area (Å²) in [4.78, 5) is 14.1. The van der Waals surface area contributed by atoms with Gasteiger partial charge in [-0.25, -0.2) is 9.97 Å². The molecule has 0 aliphatic carbocycles. The minimum atomic E-state index is 0.767. The van der Waals surface area contributed by atoms with E-state index >= 15 is 0 Å². The number of fused-ring (bicyclic) bond motifs is 6. The van der Waals surface area contributed by atoms with Crippen LogP contribution in [0.3, 0.4) is 0 Å². The van der Waals surface area contributed by atoms with E-state index in [2.05, 4.69) is 18.2 Å². The molecule has 3 nitrogen and oxygen atoms in total. The summed E-state index contributed by atoms with van der Waals surface area (Å²) < 4.78 is 0. The minimum Gasteiger partial charge on any atom is -0.257 e. The van der Waals surface area contributed by atoms with Crippen molar-refractivity contribution in [2.24, 2.45) is 0 Å². The Hall–Kier alpha value is -2.20. The molecule has 1 aliphatic heterocycles. The average molecular weight is 291 g/mol. The molecule has 3 aromatic heterocycles. The first-order chi connectivity index (χ1) is 10.3. The van der Waals surface area contributed by atoms with Crippen molar-refractivity contribution in [1.29, 1.82) is 0 Å². The highest BCUT2D eigenvalue weighted by molar-refractivity contribution is 7.99. The smallest absolute Gasteiger partial charge is 0.103 e. The van der Waals surface area contributed by atoms with E-state index in [0.717, 1.165) is 45.7 Å². The molecule has 4 heterocycles. The number of rotatable bonds is 0. The fourth-order valence-corrected chi connectivity index (χ4v) is 3.26. The van der Waals surface area contributed by atoms with Crippen LogP contribution in [0.1, 0.15) is 22.8 Å². The Balaban J connectivity index is 1.87. The third-order valence-corrected chi connectivity index (χ3v) is 4.23. The Morgan fingerprint density at radius 2 is 1.00 bits per heavy atom. The molecule has 4 rings (SSSR count). The number of aromatic nitrogens is 3. The van der Waals surface area contributed by atoms with Crippen LogP contribution >= 0.6 is 11.8 Å². The molecule has 0 unspecified atom stereocenters. The van der Waals surface area contributed by atoms with E-state index in [-0.39, 0.29) is 0 Å². The lowest BCUT2D eigenvalue weighted by molar-refractivity contribution is 0.906. The summed E-state index contributed by atoms with van der Waals surface area (Å²) in [6, 6.07) is 18.4. The molecule has 0 atom stereocenters. The van der Waals surface area contributed by atoms with Gasteiger partial charge in [-0.1, -0.05) is 30.0 Å². The van der Waals surface area contributed by atoms with Gasteiger partial charge < -0.3 is 0 Å². The molecule has 1 aliphatic rings. The van der Waals surface area contributed by atoms with E-state index in [4.69, 9.17) is 15.0 Å². The van der Waals surface area contributed by atoms with Gasteiger partial charge in [-0.3, -0.25) is 4.98 Å². The van der Waals surface area contributed by atoms with E-state index < -0.39 is 0 Å². The largest absolute Gasteiger partial charge is 0.257 e. The second-order valence-electron chi connectivity index (χ2n) is 5.01. The SMILES string of the molecule is c1cc2nc(c1)Cc1cccc(n1)Sc1cccc(n1)C2. The van der Waals surface area contributed by atoms with Crippen LogP contribution in [-0.2, 0) is 12.8 Å². The molecule has 0 aromatic carbocycles. The molecule has 0 saturated heterocycles. The summed E-state index contributed by atoms with van der Waals surface area (Å²) in [6.45, 7) is 0. The number of nitrogens with zero attached hydrogens (tertiary/aromatic N) is 3. The van der Waals surface area contributed by atoms with Gasteiger partial charge in [0.2, 0.25) is 0 Å². The fourth-order valence-electron chi connectivity index (χ4n) is 2.43. The highest BCUT2D eigenvalue weighted by atomic mass is 32.2. The van der Waals surface area contributed by atoms with Crippen LogP contribution in [0.4, 0.5) is 0 Å². The number of pyridine rings is 3. The molecule has 0 spiro atoms. The third-order valence-electron chi connectivity index (χ3n) is 3.36. The van der Waals surface area contributed by atoms with Crippen molar-refractivity contribution in [3.05, 3.63) is 77.4 Å². The van der Waals surface area contributed by atoms with Crippen molar-refractivity contribution in [1.82, 2.24) is 15.0 Å². The van der Waals surface area contributed by atoms with Gasteiger partial charge in [0.25, 0.3) is 0 Å². The van der Waals surface area contributed by atoms with Crippen LogP contribution in [0.2, 0.25) is 0 Å². The molecule has 4 heteroatoms. The molecule has 0 fully saturated rings. The molecule has 0 saturated carbocycles. The first kappa shape index (κ1) is 12.5. The Labute approximate surface area is 127 Å². The first-order valence-electron chi connectivity index (χ1n) is 6.90. The molecule has 0 amide bonds. The van der Waals surface area contributed by atoms with Gasteiger partial charge in [-0.15, -0.1) is 0 Å². The van der Waals surface area contributed by atoms with Gasteiger partial charge >= 0.3 is 0 Å². The van der Waals surface area contributed by atoms with E-state index in [0.29, 0.717) is 0 Å². The van der Waals surface area contributed by atoms with Crippen molar-refractivity contribution in [2.45, 2.75) is 22.9 Å². The number of hydrogen-bond acceptors (Lipinski definition) is 4. The van der Waals surface area contributed by atoms with Gasteiger partial charge in [0, 0.05) is 35.6 Å². The molecule has 102 valence electrons. The predicted octanol–water partition coefficient (Wildman–Crippen LogP) is 3.52. The summed E-state index contributed by atoms with van der Waals surface area (Å²) in [5, 5.41) is 1.96. The summed E-state index contributed by atoms with van der Waals surface area (Å²) in [5.74, 6) is 0. The van der Waals surface area contributed by atoms with Crippen molar-refractivity contribution in [3.8, 4) is 0 Å². The van der Waals surface area contributed by atoms with E-state index in [9.17, 15) is 0 Å². The lowest BCUT2D eigenvalue weighted by atomic mass is 10.1. The van der Waals surface area contributed by atoms with Gasteiger partial charge in [0.15, 0.2) is 0 Å². The quantitative estimate of drug-likeness (QED) is 0.497. The highest BCUT2D eigenvalue weighted by Crippen LogP contribution is 2.25. The zero-order valence-corrected chi connectivity index (χ0v) is 12.2. The second kappa shape index (κ2) is 5.30. The Morgan fingerprint density at radius 3 is 1.52 bits per heavy atom. The van der Waals surface area contributed by atoms with Gasteiger partial charge in [0.1, 0.15) is 10.1 Å². The van der Waals surface area contributed by atoms with Crippen molar-refractivity contribution in [2.75, 3.05) is 0 Å². The molecule has 3 aromatic rings. The van der Waals surface area contributed by atoms with E-state index in [1.807, 2.05) is 36.4 Å². The van der Waals surface area contributed by atoms with Crippen LogP contribution < -0.4 is 0 Å². The van der Waals surface area contributed by atoms with Crippen LogP contribution in [-0.4, -0.2) is 15.0 Å². The lowest BCUT2D eigenvalue weighted by Crippen LogP contribution is -2.02. The van der Waals surface area contributed by atoms with Crippen molar-refractivity contribution in [3.63, 3.8) is 0 Å². The summed E-state index contributed by atoms with van der Waals surface area (Å²) in [7, 11) is 0. The zero-order chi connectivity index (χ0) is 14.1. The Kier molecular flexibility index (Phi) is 3.16. The van der Waals surface area contributed by atoms with Crippen LogP contribution in [0.5, 0.6) is 0 Å². The summed E-state index contributed by atoms with van der Waals surface area (Å²) in [6.07, 6.45) is 1.53. The summed E-state index contributed by atoms with van der Waals surface area (Å²) >= 11 is 1.61. The molecule has 0 N–H and O–H groups in total. The van der Waals surface area contributed by atoms with E-state index in [1.54, 1.807) is 11.8 Å². The Bertz CT molecular complexity index is 641. The molecule has 21 heavy (non-hydrogen) atoms. The second-order valence-corrected chi connectivity index (χ2v) is 6.05. The zero-order valence-electron chi connectivity index (χ0n) is 11.4. The molecular formula is C17H13N3S. The number of hydrogen-bond donors (Lipinski definition) is 0. The third kappa shape index (κ3) is 2.81. The molecular weight excluding hydrogens is 278 g/mol. The lowest BCUT2D eigenvalue weighted by Gasteiger charge is -2.09. The van der Waals surface area contributed by atoms with Gasteiger partial charge in [-0.05, 0) is 36.4 Å². The van der Waals surface area contributed by atoms with Crippen LogP contribution in [0, 0.1) is 0 Å². The van der Waals surface area contributed by atoms with Crippen molar-refractivity contribution < 1.29 is 0 Å². The normalized spacial score (nSPS) is 13.1. The highest BCUT2D eigenvalue weighted by Gasteiger charge is 2.08. The minimum absolute atomic E-state index is 0.767. The summed E-state index contributed by atoms with van der Waals surface area (Å²) in [5.41, 5.74) is 4.19. The monoisotopic (exact) mass is 291 g/mol. The first-order valence-corrected chi connectivity index (χ1v) is 7.71. The Morgan fingerprint density at radius 1 is 0.571 bits per heavy atom. The van der Waals surface area contributed by atoms with Crippen LogP contribution in [0.25, 0.3) is 0 Å². The maximum Gasteiger partial charge on any atom is 0.103 e. The van der Waals surface area contributed by atoms with Crippen LogP contribution in [0.15, 0.2) is 64.6 Å². The maximum atomic E-state index is 4.73. The van der Waals surface area contributed by atoms with Crippen molar-refractivity contribution >= 4 is 11.8 Å². The standard InChI is InChI=1S/C17H13N3S/c1-4-12-10-14-6-2-8-16(19-14)21-17-9-3-7-15(20-17)11-13(5-1)18-12/h1-9H,10-11H2. The molecule has 6 bridgehead atoms. The maximum absolute atomic E-state index is 4.73. The van der Waals surface area contributed by atoms with Gasteiger partial charge in [-0.2, -0.15) is 0 Å².